The van der Waals surface area contributed by atoms with Gasteiger partial charge in [-0.15, -0.1) is 0 Å². The molecule has 3 aliphatic rings. The first kappa shape index (κ1) is 14.6. The van der Waals surface area contributed by atoms with Crippen LogP contribution in [-0.2, 0) is 19.2 Å². The highest BCUT2D eigenvalue weighted by Gasteiger charge is 2.36. The van der Waals surface area contributed by atoms with Crippen LogP contribution in [0.4, 0.5) is 0 Å². The van der Waals surface area contributed by atoms with Gasteiger partial charge in [-0.25, -0.2) is 0 Å². The second kappa shape index (κ2) is 5.79. The van der Waals surface area contributed by atoms with Gasteiger partial charge in [-0.2, -0.15) is 0 Å². The SMILES string of the molecule is O=C1C=CC(=O)C(C2CCCCC2C2=CC(=O)C=CC2=O)=C1. The highest BCUT2D eigenvalue weighted by atomic mass is 16.1. The maximum absolute atomic E-state index is 12.1. The van der Waals surface area contributed by atoms with Crippen molar-refractivity contribution in [2.45, 2.75) is 25.7 Å². The van der Waals surface area contributed by atoms with E-state index in [4.69, 9.17) is 0 Å². The number of hydrogen-bond donors (Lipinski definition) is 0. The van der Waals surface area contributed by atoms with Gasteiger partial charge in [0.15, 0.2) is 23.1 Å². The summed E-state index contributed by atoms with van der Waals surface area (Å²) in [4.78, 5) is 47.4. The molecule has 0 aromatic rings. The van der Waals surface area contributed by atoms with Crippen LogP contribution in [0, 0.1) is 11.8 Å². The second-order valence-electron chi connectivity index (χ2n) is 5.90. The first-order chi connectivity index (χ1) is 10.6. The van der Waals surface area contributed by atoms with Crippen molar-refractivity contribution in [3.8, 4) is 0 Å². The van der Waals surface area contributed by atoms with E-state index >= 15 is 0 Å². The molecular weight excluding hydrogens is 280 g/mol. The second-order valence-corrected chi connectivity index (χ2v) is 5.90. The Morgan fingerprint density at radius 2 is 1.05 bits per heavy atom. The third-order valence-corrected chi connectivity index (χ3v) is 4.53. The molecule has 3 aliphatic carbocycles. The van der Waals surface area contributed by atoms with Gasteiger partial charge < -0.3 is 0 Å². The van der Waals surface area contributed by atoms with Crippen molar-refractivity contribution in [2.24, 2.45) is 11.8 Å². The van der Waals surface area contributed by atoms with Gasteiger partial charge in [0.05, 0.1) is 0 Å². The summed E-state index contributed by atoms with van der Waals surface area (Å²) in [5.74, 6) is -1.04. The maximum atomic E-state index is 12.1. The molecule has 1 saturated carbocycles. The van der Waals surface area contributed by atoms with Gasteiger partial charge >= 0.3 is 0 Å². The monoisotopic (exact) mass is 296 g/mol. The fourth-order valence-electron chi connectivity index (χ4n) is 3.51. The summed E-state index contributed by atoms with van der Waals surface area (Å²) < 4.78 is 0. The van der Waals surface area contributed by atoms with E-state index in [0.29, 0.717) is 11.1 Å². The zero-order chi connectivity index (χ0) is 15.7. The van der Waals surface area contributed by atoms with Gasteiger partial charge in [-0.3, -0.25) is 19.2 Å². The lowest BCUT2D eigenvalue weighted by molar-refractivity contribution is -0.116. The largest absolute Gasteiger partial charge is 0.290 e. The van der Waals surface area contributed by atoms with Crippen molar-refractivity contribution >= 4 is 23.1 Å². The van der Waals surface area contributed by atoms with Crippen LogP contribution < -0.4 is 0 Å². The van der Waals surface area contributed by atoms with Crippen LogP contribution in [0.3, 0.4) is 0 Å². The van der Waals surface area contributed by atoms with Gasteiger partial charge in [0.25, 0.3) is 0 Å². The van der Waals surface area contributed by atoms with E-state index in [1.54, 1.807) is 0 Å². The van der Waals surface area contributed by atoms with Crippen LogP contribution in [0.25, 0.3) is 0 Å². The molecule has 3 rings (SSSR count). The molecule has 0 spiro atoms. The van der Waals surface area contributed by atoms with E-state index in [0.717, 1.165) is 25.7 Å². The normalized spacial score (nSPS) is 28.7. The van der Waals surface area contributed by atoms with E-state index in [1.807, 2.05) is 0 Å². The first-order valence-corrected chi connectivity index (χ1v) is 7.52. The van der Waals surface area contributed by atoms with Crippen LogP contribution in [0.15, 0.2) is 47.6 Å². The van der Waals surface area contributed by atoms with Crippen LogP contribution in [-0.4, -0.2) is 23.1 Å². The summed E-state index contributed by atoms with van der Waals surface area (Å²) in [5.41, 5.74) is 0.959. The van der Waals surface area contributed by atoms with Crippen LogP contribution in [0.5, 0.6) is 0 Å². The molecule has 0 saturated heterocycles. The van der Waals surface area contributed by atoms with Gasteiger partial charge in [0, 0.05) is 11.1 Å². The Bertz CT molecular complexity index is 628. The van der Waals surface area contributed by atoms with Crippen molar-refractivity contribution in [1.82, 2.24) is 0 Å². The lowest BCUT2D eigenvalue weighted by Gasteiger charge is -2.34. The molecule has 0 bridgehead atoms. The van der Waals surface area contributed by atoms with E-state index in [1.165, 1.54) is 36.5 Å². The predicted octanol–water partition coefficient (Wildman–Crippen LogP) is 2.06. The summed E-state index contributed by atoms with van der Waals surface area (Å²) in [6.07, 6.45) is 11.3. The summed E-state index contributed by atoms with van der Waals surface area (Å²) in [6, 6.07) is 0. The summed E-state index contributed by atoms with van der Waals surface area (Å²) >= 11 is 0. The van der Waals surface area contributed by atoms with Gasteiger partial charge in [0.2, 0.25) is 0 Å². The Labute approximate surface area is 128 Å². The number of hydrogen-bond acceptors (Lipinski definition) is 4. The minimum Gasteiger partial charge on any atom is -0.290 e. The number of ketones is 4. The Balaban J connectivity index is 1.95. The standard InChI is InChI=1S/C18H16O4/c19-11-5-7-17(21)15(9-11)13-3-1-2-4-14(13)16-10-12(20)6-8-18(16)22/h5-10,13-14H,1-4H2. The van der Waals surface area contributed by atoms with E-state index in [2.05, 4.69) is 0 Å². The van der Waals surface area contributed by atoms with Crippen LogP contribution in [0.2, 0.25) is 0 Å². The molecule has 0 heterocycles. The minimum atomic E-state index is -0.196. The molecule has 4 nitrogen and oxygen atoms in total. The molecule has 22 heavy (non-hydrogen) atoms. The highest BCUT2D eigenvalue weighted by Crippen LogP contribution is 2.41. The van der Waals surface area contributed by atoms with Crippen molar-refractivity contribution in [3.63, 3.8) is 0 Å². The predicted molar refractivity (Wildman–Crippen MR) is 79.9 cm³/mol. The molecule has 2 unspecified atom stereocenters. The number of carbonyl (C=O) groups excluding carboxylic acids is 4. The van der Waals surface area contributed by atoms with E-state index in [-0.39, 0.29) is 35.0 Å². The molecule has 0 aromatic carbocycles. The average Bonchev–Trinajstić information content (AvgIpc) is 2.52. The van der Waals surface area contributed by atoms with Crippen molar-refractivity contribution in [1.29, 1.82) is 0 Å². The molecule has 112 valence electrons. The Morgan fingerprint density at radius 3 is 1.45 bits per heavy atom. The third-order valence-electron chi connectivity index (χ3n) is 4.53. The quantitative estimate of drug-likeness (QED) is 0.731. The average molecular weight is 296 g/mol. The molecule has 1 fully saturated rings. The highest BCUT2D eigenvalue weighted by molar-refractivity contribution is 6.19. The molecule has 2 atom stereocenters. The van der Waals surface area contributed by atoms with Gasteiger partial charge in [-0.05, 0) is 61.1 Å². The smallest absolute Gasteiger partial charge is 0.182 e. The van der Waals surface area contributed by atoms with E-state index in [9.17, 15) is 19.2 Å². The topological polar surface area (TPSA) is 68.3 Å². The lowest BCUT2D eigenvalue weighted by Crippen LogP contribution is -2.30. The number of carbonyl (C=O) groups is 4. The van der Waals surface area contributed by atoms with Gasteiger partial charge in [0.1, 0.15) is 0 Å². The Kier molecular flexibility index (Phi) is 3.84. The Hall–Kier alpha value is -2.36. The van der Waals surface area contributed by atoms with Gasteiger partial charge in [-0.1, -0.05) is 12.8 Å². The number of allylic oxidation sites excluding steroid dienone is 8. The van der Waals surface area contributed by atoms with Crippen LogP contribution >= 0.6 is 0 Å². The molecule has 0 N–H and O–H groups in total. The molecule has 0 amide bonds. The zero-order valence-corrected chi connectivity index (χ0v) is 12.1. The van der Waals surface area contributed by atoms with Crippen LogP contribution in [0.1, 0.15) is 25.7 Å². The fraction of sp³-hybridized carbons (Fsp3) is 0.333. The summed E-state index contributed by atoms with van der Waals surface area (Å²) in [5, 5.41) is 0. The number of rotatable bonds is 2. The molecule has 0 radical (unpaired) electrons. The molecule has 0 aromatic heterocycles. The molecular formula is C18H16O4. The maximum Gasteiger partial charge on any atom is 0.182 e. The molecule has 0 aliphatic heterocycles. The van der Waals surface area contributed by atoms with Crippen molar-refractivity contribution < 1.29 is 19.2 Å². The zero-order valence-electron chi connectivity index (χ0n) is 12.1. The summed E-state index contributed by atoms with van der Waals surface area (Å²) in [7, 11) is 0. The Morgan fingerprint density at radius 1 is 0.636 bits per heavy atom. The lowest BCUT2D eigenvalue weighted by atomic mass is 9.68. The third kappa shape index (κ3) is 2.69. The summed E-state index contributed by atoms with van der Waals surface area (Å²) in [6.45, 7) is 0. The first-order valence-electron chi connectivity index (χ1n) is 7.52. The van der Waals surface area contributed by atoms with Crippen molar-refractivity contribution in [2.75, 3.05) is 0 Å². The fourth-order valence-corrected chi connectivity index (χ4v) is 3.51. The molecule has 4 heteroatoms. The van der Waals surface area contributed by atoms with E-state index < -0.39 is 0 Å². The minimum absolute atomic E-state index is 0.162. The van der Waals surface area contributed by atoms with Crippen molar-refractivity contribution in [3.05, 3.63) is 47.6 Å².